The molecule has 0 saturated carbocycles. The average Bonchev–Trinajstić information content (AvgIpc) is 2.30. The molecule has 1 aromatic carbocycles. The maximum Gasteiger partial charge on any atom is 0.323 e. The molecule has 0 atom stereocenters. The van der Waals surface area contributed by atoms with Crippen molar-refractivity contribution in [3.05, 3.63) is 34.9 Å². The van der Waals surface area contributed by atoms with Crippen LogP contribution >= 0.6 is 11.6 Å². The highest BCUT2D eigenvalue weighted by Crippen LogP contribution is 2.09. The minimum absolute atomic E-state index is 0.313. The third-order valence-electron chi connectivity index (χ3n) is 2.32. The van der Waals surface area contributed by atoms with Gasteiger partial charge in [-0.1, -0.05) is 23.7 Å². The largest absolute Gasteiger partial charge is 0.480 e. The Kier molecular flexibility index (Phi) is 5.45. The monoisotopic (exact) mass is 270 g/mol. The Labute approximate surface area is 110 Å². The molecule has 0 heterocycles. The summed E-state index contributed by atoms with van der Waals surface area (Å²) in [5.74, 6) is -1.04. The average molecular weight is 271 g/mol. The molecule has 0 aliphatic carbocycles. The zero-order valence-corrected chi connectivity index (χ0v) is 10.8. The fourth-order valence-corrected chi connectivity index (χ4v) is 1.50. The van der Waals surface area contributed by atoms with Gasteiger partial charge < -0.3 is 15.3 Å². The van der Waals surface area contributed by atoms with Crippen LogP contribution in [-0.4, -0.2) is 42.1 Å². The van der Waals surface area contributed by atoms with Gasteiger partial charge in [0.1, 0.15) is 6.54 Å². The normalized spacial score (nSPS) is 9.89. The van der Waals surface area contributed by atoms with E-state index in [0.29, 0.717) is 18.0 Å². The number of hydrogen-bond acceptors (Lipinski definition) is 2. The van der Waals surface area contributed by atoms with E-state index in [1.54, 1.807) is 12.1 Å². The lowest BCUT2D eigenvalue weighted by molar-refractivity contribution is -0.137. The second-order valence-corrected chi connectivity index (χ2v) is 4.29. The van der Waals surface area contributed by atoms with Gasteiger partial charge in [-0.3, -0.25) is 4.79 Å². The second kappa shape index (κ2) is 6.86. The van der Waals surface area contributed by atoms with E-state index in [4.69, 9.17) is 16.7 Å². The topological polar surface area (TPSA) is 69.6 Å². The molecule has 6 heteroatoms. The molecule has 18 heavy (non-hydrogen) atoms. The number of hydrogen-bond donors (Lipinski definition) is 2. The Balaban J connectivity index is 2.31. The van der Waals surface area contributed by atoms with E-state index in [1.165, 1.54) is 7.05 Å². The Morgan fingerprint density at radius 1 is 1.33 bits per heavy atom. The number of halogens is 1. The zero-order chi connectivity index (χ0) is 13.5. The van der Waals surface area contributed by atoms with Crippen molar-refractivity contribution in [2.75, 3.05) is 20.1 Å². The molecule has 5 nitrogen and oxygen atoms in total. The van der Waals surface area contributed by atoms with Crippen molar-refractivity contribution in [1.82, 2.24) is 10.2 Å². The number of benzene rings is 1. The molecular weight excluding hydrogens is 256 g/mol. The lowest BCUT2D eigenvalue weighted by Crippen LogP contribution is -2.40. The number of aliphatic carboxylic acids is 1. The van der Waals surface area contributed by atoms with E-state index in [-0.39, 0.29) is 6.54 Å². The number of nitrogens with one attached hydrogen (secondary N) is 1. The standard InChI is InChI=1S/C12H15ClN2O3/c1-15(8-11(16)17)12(18)14-7-6-9-2-4-10(13)5-3-9/h2-5H,6-8H2,1H3,(H,14,18)(H,16,17). The Bertz CT molecular complexity index is 420. The maximum absolute atomic E-state index is 11.5. The lowest BCUT2D eigenvalue weighted by atomic mass is 10.1. The summed E-state index contributed by atoms with van der Waals surface area (Å²) in [6, 6.07) is 6.95. The predicted molar refractivity (Wildman–Crippen MR) is 68.8 cm³/mol. The van der Waals surface area contributed by atoms with Gasteiger partial charge in [-0.25, -0.2) is 4.79 Å². The van der Waals surface area contributed by atoms with Crippen LogP contribution in [-0.2, 0) is 11.2 Å². The summed E-state index contributed by atoms with van der Waals surface area (Å²) in [4.78, 5) is 23.0. The zero-order valence-electron chi connectivity index (χ0n) is 10.0. The molecule has 0 saturated heterocycles. The summed E-state index contributed by atoms with van der Waals surface area (Å²) >= 11 is 5.75. The molecule has 0 aliphatic heterocycles. The molecule has 98 valence electrons. The molecule has 1 rings (SSSR count). The van der Waals surface area contributed by atoms with Crippen molar-refractivity contribution in [2.45, 2.75) is 6.42 Å². The van der Waals surface area contributed by atoms with Gasteiger partial charge in [0.25, 0.3) is 0 Å². The summed E-state index contributed by atoms with van der Waals surface area (Å²) in [6.45, 7) is 0.136. The quantitative estimate of drug-likeness (QED) is 0.854. The van der Waals surface area contributed by atoms with Crippen LogP contribution in [0.5, 0.6) is 0 Å². The molecule has 1 aromatic rings. The lowest BCUT2D eigenvalue weighted by Gasteiger charge is -2.15. The van der Waals surface area contributed by atoms with Gasteiger partial charge in [-0.2, -0.15) is 0 Å². The Morgan fingerprint density at radius 3 is 2.50 bits per heavy atom. The van der Waals surface area contributed by atoms with E-state index in [0.717, 1.165) is 10.5 Å². The van der Waals surface area contributed by atoms with Gasteiger partial charge in [0.2, 0.25) is 0 Å². The van der Waals surface area contributed by atoms with Crippen molar-refractivity contribution < 1.29 is 14.7 Å². The summed E-state index contributed by atoms with van der Waals surface area (Å²) in [5.41, 5.74) is 1.06. The van der Waals surface area contributed by atoms with E-state index in [2.05, 4.69) is 5.32 Å². The van der Waals surface area contributed by atoms with E-state index in [9.17, 15) is 9.59 Å². The third kappa shape index (κ3) is 5.05. The van der Waals surface area contributed by atoms with Crippen LogP contribution in [0.15, 0.2) is 24.3 Å². The SMILES string of the molecule is CN(CC(=O)O)C(=O)NCCc1ccc(Cl)cc1. The number of carbonyl (C=O) groups excluding carboxylic acids is 1. The smallest absolute Gasteiger partial charge is 0.323 e. The summed E-state index contributed by atoms with van der Waals surface area (Å²) in [7, 11) is 1.44. The van der Waals surface area contributed by atoms with Gasteiger partial charge in [0.05, 0.1) is 0 Å². The van der Waals surface area contributed by atoms with E-state index in [1.807, 2.05) is 12.1 Å². The number of amides is 2. The van der Waals surface area contributed by atoms with E-state index < -0.39 is 12.0 Å². The summed E-state index contributed by atoms with van der Waals surface area (Å²) in [6.07, 6.45) is 0.670. The van der Waals surface area contributed by atoms with Crippen LogP contribution in [0.2, 0.25) is 5.02 Å². The van der Waals surface area contributed by atoms with Crippen LogP contribution in [0.4, 0.5) is 4.79 Å². The molecule has 0 radical (unpaired) electrons. The number of carboxylic acid groups (broad SMARTS) is 1. The highest BCUT2D eigenvalue weighted by Gasteiger charge is 2.10. The van der Waals surface area contributed by atoms with Crippen molar-refractivity contribution >= 4 is 23.6 Å². The van der Waals surface area contributed by atoms with Crippen molar-refractivity contribution in [3.63, 3.8) is 0 Å². The van der Waals surface area contributed by atoms with Crippen LogP contribution in [0, 0.1) is 0 Å². The summed E-state index contributed by atoms with van der Waals surface area (Å²) in [5, 5.41) is 11.8. The van der Waals surface area contributed by atoms with Gasteiger partial charge in [0.15, 0.2) is 0 Å². The van der Waals surface area contributed by atoms with Gasteiger partial charge >= 0.3 is 12.0 Å². The Hall–Kier alpha value is -1.75. The van der Waals surface area contributed by atoms with Crippen LogP contribution in [0.25, 0.3) is 0 Å². The fourth-order valence-electron chi connectivity index (χ4n) is 1.37. The second-order valence-electron chi connectivity index (χ2n) is 3.86. The Morgan fingerprint density at radius 2 is 1.94 bits per heavy atom. The highest BCUT2D eigenvalue weighted by molar-refractivity contribution is 6.30. The molecule has 0 aliphatic rings. The first-order valence-electron chi connectivity index (χ1n) is 5.44. The predicted octanol–water partition coefficient (Wildman–Crippen LogP) is 1.61. The molecule has 0 spiro atoms. The van der Waals surface area contributed by atoms with Gasteiger partial charge in [0, 0.05) is 18.6 Å². The minimum atomic E-state index is -1.04. The number of likely N-dealkylation sites (N-methyl/N-ethyl adjacent to an activating group) is 1. The minimum Gasteiger partial charge on any atom is -0.480 e. The van der Waals surface area contributed by atoms with E-state index >= 15 is 0 Å². The number of nitrogens with zero attached hydrogens (tertiary/aromatic N) is 1. The first kappa shape index (κ1) is 14.3. The molecule has 0 unspecified atom stereocenters. The number of carboxylic acids is 1. The van der Waals surface area contributed by atoms with Crippen LogP contribution < -0.4 is 5.32 Å². The number of carbonyl (C=O) groups is 2. The third-order valence-corrected chi connectivity index (χ3v) is 2.57. The number of rotatable bonds is 5. The first-order chi connectivity index (χ1) is 8.49. The van der Waals surface area contributed by atoms with Crippen LogP contribution in [0.3, 0.4) is 0 Å². The molecule has 0 aromatic heterocycles. The molecular formula is C12H15ClN2O3. The molecule has 2 amide bonds. The fraction of sp³-hybridized carbons (Fsp3) is 0.333. The molecule has 0 fully saturated rings. The summed E-state index contributed by atoms with van der Waals surface area (Å²) < 4.78 is 0. The van der Waals surface area contributed by atoms with Crippen LogP contribution in [0.1, 0.15) is 5.56 Å². The van der Waals surface area contributed by atoms with Gasteiger partial charge in [-0.05, 0) is 24.1 Å². The first-order valence-corrected chi connectivity index (χ1v) is 5.82. The van der Waals surface area contributed by atoms with Gasteiger partial charge in [-0.15, -0.1) is 0 Å². The molecule has 2 N–H and O–H groups in total. The van der Waals surface area contributed by atoms with Crippen molar-refractivity contribution in [2.24, 2.45) is 0 Å². The molecule has 0 bridgehead atoms. The van der Waals surface area contributed by atoms with Crippen molar-refractivity contribution in [1.29, 1.82) is 0 Å². The number of urea groups is 1. The maximum atomic E-state index is 11.5. The van der Waals surface area contributed by atoms with Crippen molar-refractivity contribution in [3.8, 4) is 0 Å². The highest BCUT2D eigenvalue weighted by atomic mass is 35.5.